The molecule has 0 amide bonds. The number of aryl methyl sites for hydroxylation is 1. The third-order valence-corrected chi connectivity index (χ3v) is 5.91. The van der Waals surface area contributed by atoms with Crippen LogP contribution in [0.25, 0.3) is 16.8 Å². The fraction of sp³-hybridized carbons (Fsp3) is 0.222. The molecule has 29 heavy (non-hydrogen) atoms. The number of aliphatic imine (C=N–C) groups is 1. The van der Waals surface area contributed by atoms with Gasteiger partial charge in [0.25, 0.3) is 0 Å². The van der Waals surface area contributed by atoms with Crippen LogP contribution in [0.1, 0.15) is 41.7 Å². The van der Waals surface area contributed by atoms with E-state index in [9.17, 15) is 0 Å². The minimum atomic E-state index is -0.00939. The molecule has 0 aromatic heterocycles. The molecular weight excluding hydrogens is 352 g/mol. The van der Waals surface area contributed by atoms with Crippen molar-refractivity contribution in [3.8, 4) is 11.1 Å². The van der Waals surface area contributed by atoms with Crippen molar-refractivity contribution in [2.75, 3.05) is 6.54 Å². The summed E-state index contributed by atoms with van der Waals surface area (Å²) in [5.41, 5.74) is 10.1. The van der Waals surface area contributed by atoms with Crippen LogP contribution in [0.3, 0.4) is 0 Å². The molecule has 0 spiro atoms. The summed E-state index contributed by atoms with van der Waals surface area (Å²) in [6.45, 7) is 12.2. The van der Waals surface area contributed by atoms with Gasteiger partial charge in [-0.25, -0.2) is 0 Å². The quantitative estimate of drug-likeness (QED) is 0.403. The van der Waals surface area contributed by atoms with E-state index in [0.29, 0.717) is 0 Å². The van der Waals surface area contributed by atoms with E-state index >= 15 is 0 Å². The van der Waals surface area contributed by atoms with E-state index in [4.69, 9.17) is 0 Å². The molecule has 0 atom stereocenters. The van der Waals surface area contributed by atoms with Crippen LogP contribution in [0.4, 0.5) is 0 Å². The summed E-state index contributed by atoms with van der Waals surface area (Å²) >= 11 is 0. The highest BCUT2D eigenvalue weighted by Crippen LogP contribution is 2.49. The molecule has 0 fully saturated rings. The first-order valence-corrected chi connectivity index (χ1v) is 10.2. The number of benzene rings is 3. The molecule has 0 unspecified atom stereocenters. The Kier molecular flexibility index (Phi) is 5.21. The van der Waals surface area contributed by atoms with Crippen LogP contribution in [0.5, 0.6) is 0 Å². The first-order chi connectivity index (χ1) is 14.0. The van der Waals surface area contributed by atoms with Crippen molar-refractivity contribution in [3.05, 3.63) is 101 Å². The summed E-state index contributed by atoms with van der Waals surface area (Å²) in [4.78, 5) is 4.31. The smallest absolute Gasteiger partial charge is 0.0667 e. The molecule has 0 aliphatic heterocycles. The summed E-state index contributed by atoms with van der Waals surface area (Å²) in [6.07, 6.45) is 2.12. The second-order valence-corrected chi connectivity index (χ2v) is 8.30. The van der Waals surface area contributed by atoms with E-state index in [1.54, 1.807) is 0 Å². The van der Waals surface area contributed by atoms with E-state index in [-0.39, 0.29) is 5.41 Å². The van der Waals surface area contributed by atoms with Gasteiger partial charge in [-0.2, -0.15) is 0 Å². The van der Waals surface area contributed by atoms with Crippen molar-refractivity contribution >= 4 is 12.4 Å². The van der Waals surface area contributed by atoms with Crippen LogP contribution in [0, 0.1) is 6.92 Å². The Morgan fingerprint density at radius 2 is 1.66 bits per heavy atom. The third kappa shape index (κ3) is 3.68. The standard InChI is InChI=1S/C27H28N2/c1-19-10-12-22-23-13-11-21(17-25(23)27(2,3)24(22)16-19)26(28-4)14-15-29-18-20-8-6-5-7-9-20/h5-14,16-17,29H,4,15,18H2,1-3H3/b26-14-. The molecule has 2 heteroatoms. The lowest BCUT2D eigenvalue weighted by atomic mass is 9.81. The second-order valence-electron chi connectivity index (χ2n) is 8.30. The largest absolute Gasteiger partial charge is 0.309 e. The molecule has 0 radical (unpaired) electrons. The van der Waals surface area contributed by atoms with Crippen molar-refractivity contribution in [1.29, 1.82) is 0 Å². The fourth-order valence-corrected chi connectivity index (χ4v) is 4.27. The molecule has 0 saturated carbocycles. The molecule has 1 N–H and O–H groups in total. The topological polar surface area (TPSA) is 24.4 Å². The van der Waals surface area contributed by atoms with Gasteiger partial charge in [0.05, 0.1) is 5.70 Å². The van der Waals surface area contributed by atoms with Crippen LogP contribution in [-0.2, 0) is 12.0 Å². The van der Waals surface area contributed by atoms with Crippen LogP contribution < -0.4 is 5.32 Å². The molecule has 2 nitrogen and oxygen atoms in total. The maximum atomic E-state index is 4.31. The number of nitrogens with zero attached hydrogens (tertiary/aromatic N) is 1. The first-order valence-electron chi connectivity index (χ1n) is 10.2. The van der Waals surface area contributed by atoms with Crippen LogP contribution in [-0.4, -0.2) is 13.3 Å². The van der Waals surface area contributed by atoms with Gasteiger partial charge in [0.1, 0.15) is 0 Å². The van der Waals surface area contributed by atoms with Crippen LogP contribution >= 0.6 is 0 Å². The number of nitrogens with one attached hydrogen (secondary N) is 1. The minimum Gasteiger partial charge on any atom is -0.309 e. The number of fused-ring (bicyclic) bond motifs is 3. The van der Waals surface area contributed by atoms with Gasteiger partial charge in [0.15, 0.2) is 0 Å². The van der Waals surface area contributed by atoms with Crippen molar-refractivity contribution in [1.82, 2.24) is 5.32 Å². The van der Waals surface area contributed by atoms with E-state index in [1.807, 2.05) is 6.07 Å². The van der Waals surface area contributed by atoms with Gasteiger partial charge in [-0.15, -0.1) is 0 Å². The van der Waals surface area contributed by atoms with Gasteiger partial charge in [-0.1, -0.05) is 80.1 Å². The van der Waals surface area contributed by atoms with Gasteiger partial charge in [0, 0.05) is 24.1 Å². The van der Waals surface area contributed by atoms with Crippen molar-refractivity contribution in [3.63, 3.8) is 0 Å². The molecule has 3 aromatic rings. The highest BCUT2D eigenvalue weighted by Gasteiger charge is 2.35. The number of rotatable bonds is 6. The Hall–Kier alpha value is -2.97. The monoisotopic (exact) mass is 380 g/mol. The van der Waals surface area contributed by atoms with Crippen molar-refractivity contribution in [2.24, 2.45) is 4.99 Å². The third-order valence-electron chi connectivity index (χ3n) is 5.91. The van der Waals surface area contributed by atoms with Gasteiger partial charge in [0.2, 0.25) is 0 Å². The van der Waals surface area contributed by atoms with Gasteiger partial charge in [-0.3, -0.25) is 4.99 Å². The molecule has 4 rings (SSSR count). The Bertz CT molecular complexity index is 1070. The molecule has 0 saturated heterocycles. The average Bonchev–Trinajstić information content (AvgIpc) is 2.95. The van der Waals surface area contributed by atoms with E-state index in [0.717, 1.165) is 24.4 Å². The lowest BCUT2D eigenvalue weighted by Crippen LogP contribution is -2.15. The zero-order valence-corrected chi connectivity index (χ0v) is 17.5. The lowest BCUT2D eigenvalue weighted by molar-refractivity contribution is 0.659. The van der Waals surface area contributed by atoms with E-state index in [2.05, 4.69) is 105 Å². The number of hydrogen-bond donors (Lipinski definition) is 1. The van der Waals surface area contributed by atoms with E-state index < -0.39 is 0 Å². The maximum Gasteiger partial charge on any atom is 0.0667 e. The maximum absolute atomic E-state index is 4.31. The summed E-state index contributed by atoms with van der Waals surface area (Å²) in [5.74, 6) is 0. The van der Waals surface area contributed by atoms with Crippen molar-refractivity contribution < 1.29 is 0 Å². The average molecular weight is 381 g/mol. The van der Waals surface area contributed by atoms with Gasteiger partial charge >= 0.3 is 0 Å². The second kappa shape index (κ2) is 7.81. The Morgan fingerprint density at radius 1 is 0.966 bits per heavy atom. The van der Waals surface area contributed by atoms with Gasteiger partial charge < -0.3 is 5.32 Å². The highest BCUT2D eigenvalue weighted by molar-refractivity contribution is 5.83. The predicted octanol–water partition coefficient (Wildman–Crippen LogP) is 6.13. The number of hydrogen-bond acceptors (Lipinski definition) is 2. The lowest BCUT2D eigenvalue weighted by Gasteiger charge is -2.22. The zero-order chi connectivity index (χ0) is 20.4. The normalized spacial score (nSPS) is 14.4. The summed E-state index contributed by atoms with van der Waals surface area (Å²) < 4.78 is 0. The van der Waals surface area contributed by atoms with Crippen LogP contribution in [0.2, 0.25) is 0 Å². The molecular formula is C27H28N2. The summed E-state index contributed by atoms with van der Waals surface area (Å²) in [7, 11) is 0. The fourth-order valence-electron chi connectivity index (χ4n) is 4.27. The van der Waals surface area contributed by atoms with Crippen LogP contribution in [0.15, 0.2) is 77.8 Å². The predicted molar refractivity (Wildman–Crippen MR) is 124 cm³/mol. The van der Waals surface area contributed by atoms with Crippen molar-refractivity contribution in [2.45, 2.75) is 32.7 Å². The SMILES string of the molecule is C=N/C(=C\CNCc1ccccc1)c1ccc2c(c1)C(C)(C)c1cc(C)ccc1-2. The minimum absolute atomic E-state index is 0.00939. The molecule has 0 heterocycles. The molecule has 146 valence electrons. The molecule has 1 aliphatic rings. The van der Waals surface area contributed by atoms with Gasteiger partial charge in [-0.05, 0) is 53.6 Å². The van der Waals surface area contributed by atoms with E-state index in [1.165, 1.54) is 33.4 Å². The Morgan fingerprint density at radius 3 is 2.38 bits per heavy atom. The summed E-state index contributed by atoms with van der Waals surface area (Å²) in [5, 5.41) is 3.46. The zero-order valence-electron chi connectivity index (χ0n) is 17.5. The Balaban J connectivity index is 1.57. The molecule has 1 aliphatic carbocycles. The Labute approximate surface area is 174 Å². The first kappa shape index (κ1) is 19.4. The molecule has 3 aromatic carbocycles. The highest BCUT2D eigenvalue weighted by atomic mass is 14.8. The molecule has 0 bridgehead atoms. The summed E-state index contributed by atoms with van der Waals surface area (Å²) in [6, 6.07) is 23.9.